The van der Waals surface area contributed by atoms with Crippen molar-refractivity contribution in [1.82, 2.24) is 10.2 Å². The number of carbonyl (C=O) groups is 1. The molecular weight excluding hydrogens is 188 g/mol. The molecule has 0 spiro atoms. The second-order valence-electron chi connectivity index (χ2n) is 4.92. The maximum Gasteiger partial charge on any atom is 0.217 e. The Labute approximate surface area is 93.2 Å². The van der Waals surface area contributed by atoms with Gasteiger partial charge in [0.25, 0.3) is 0 Å². The molecule has 2 atom stereocenters. The zero-order valence-electron chi connectivity index (χ0n) is 10.4. The summed E-state index contributed by atoms with van der Waals surface area (Å²) in [5, 5.41) is 3.09. The van der Waals surface area contributed by atoms with Gasteiger partial charge in [-0.1, -0.05) is 12.8 Å². The van der Waals surface area contributed by atoms with Crippen molar-refractivity contribution in [2.75, 3.05) is 7.05 Å². The van der Waals surface area contributed by atoms with E-state index in [0.717, 1.165) is 6.42 Å². The van der Waals surface area contributed by atoms with Crippen LogP contribution in [0.5, 0.6) is 0 Å². The van der Waals surface area contributed by atoms with Gasteiger partial charge in [-0.05, 0) is 33.7 Å². The van der Waals surface area contributed by atoms with Crippen LogP contribution in [0.25, 0.3) is 0 Å². The number of nitrogens with zero attached hydrogens (tertiary/aromatic N) is 1. The van der Waals surface area contributed by atoms with Crippen molar-refractivity contribution in [3.63, 3.8) is 0 Å². The van der Waals surface area contributed by atoms with Gasteiger partial charge in [-0.15, -0.1) is 0 Å². The average Bonchev–Trinajstić information content (AvgIpc) is 2.16. The van der Waals surface area contributed by atoms with Crippen LogP contribution in [-0.4, -0.2) is 36.0 Å². The van der Waals surface area contributed by atoms with Crippen LogP contribution in [0.3, 0.4) is 0 Å². The number of rotatable bonds is 3. The minimum atomic E-state index is 0.101. The topological polar surface area (TPSA) is 32.3 Å². The number of nitrogens with one attached hydrogen (secondary N) is 1. The first kappa shape index (κ1) is 12.5. The molecule has 0 heterocycles. The average molecular weight is 212 g/mol. The monoisotopic (exact) mass is 212 g/mol. The van der Waals surface area contributed by atoms with E-state index in [0.29, 0.717) is 18.1 Å². The summed E-state index contributed by atoms with van der Waals surface area (Å²) in [5.41, 5.74) is 0. The van der Waals surface area contributed by atoms with E-state index in [4.69, 9.17) is 0 Å². The lowest BCUT2D eigenvalue weighted by Crippen LogP contribution is -2.53. The van der Waals surface area contributed by atoms with E-state index in [1.54, 1.807) is 6.92 Å². The van der Waals surface area contributed by atoms with Crippen LogP contribution < -0.4 is 5.32 Å². The lowest BCUT2D eigenvalue weighted by Gasteiger charge is -2.40. The SMILES string of the molecule is CC(=O)N[C@@H]1CCCC[C@H]1N(C)C(C)C. The molecule has 88 valence electrons. The molecule has 0 bridgehead atoms. The minimum absolute atomic E-state index is 0.101. The maximum atomic E-state index is 11.1. The van der Waals surface area contributed by atoms with Gasteiger partial charge in [-0.3, -0.25) is 9.69 Å². The molecule has 0 aliphatic heterocycles. The molecule has 0 aromatic rings. The molecule has 1 rings (SSSR count). The van der Waals surface area contributed by atoms with Gasteiger partial charge < -0.3 is 5.32 Å². The van der Waals surface area contributed by atoms with Gasteiger partial charge in [0.2, 0.25) is 5.91 Å². The number of carbonyl (C=O) groups excluding carboxylic acids is 1. The Morgan fingerprint density at radius 1 is 1.33 bits per heavy atom. The molecule has 1 fully saturated rings. The summed E-state index contributed by atoms with van der Waals surface area (Å²) in [6.07, 6.45) is 4.87. The van der Waals surface area contributed by atoms with Crippen LogP contribution >= 0.6 is 0 Å². The van der Waals surface area contributed by atoms with E-state index in [-0.39, 0.29) is 5.91 Å². The molecule has 1 amide bonds. The Hall–Kier alpha value is -0.570. The molecule has 1 N–H and O–H groups in total. The zero-order valence-corrected chi connectivity index (χ0v) is 10.4. The van der Waals surface area contributed by atoms with Gasteiger partial charge in [0.1, 0.15) is 0 Å². The summed E-state index contributed by atoms with van der Waals surface area (Å²) >= 11 is 0. The van der Waals surface area contributed by atoms with Crippen LogP contribution in [-0.2, 0) is 4.79 Å². The highest BCUT2D eigenvalue weighted by atomic mass is 16.1. The molecule has 0 radical (unpaired) electrons. The first-order valence-corrected chi connectivity index (χ1v) is 6.01. The summed E-state index contributed by atoms with van der Waals surface area (Å²) < 4.78 is 0. The second kappa shape index (κ2) is 5.50. The third-order valence-corrected chi connectivity index (χ3v) is 3.46. The lowest BCUT2D eigenvalue weighted by molar-refractivity contribution is -0.120. The Balaban J connectivity index is 2.60. The van der Waals surface area contributed by atoms with Crippen molar-refractivity contribution in [3.05, 3.63) is 0 Å². The largest absolute Gasteiger partial charge is 0.352 e. The van der Waals surface area contributed by atoms with Crippen molar-refractivity contribution in [1.29, 1.82) is 0 Å². The summed E-state index contributed by atoms with van der Waals surface area (Å²) in [6, 6.07) is 1.41. The summed E-state index contributed by atoms with van der Waals surface area (Å²) in [7, 11) is 2.16. The predicted octanol–water partition coefficient (Wildman–Crippen LogP) is 1.77. The molecule has 1 aliphatic rings. The fourth-order valence-electron chi connectivity index (χ4n) is 2.41. The second-order valence-corrected chi connectivity index (χ2v) is 4.92. The van der Waals surface area contributed by atoms with Crippen molar-refractivity contribution in [2.45, 2.75) is 64.6 Å². The fraction of sp³-hybridized carbons (Fsp3) is 0.917. The van der Waals surface area contributed by atoms with E-state index in [1.807, 2.05) is 0 Å². The van der Waals surface area contributed by atoms with Crippen molar-refractivity contribution < 1.29 is 4.79 Å². The quantitative estimate of drug-likeness (QED) is 0.773. The Morgan fingerprint density at radius 3 is 2.47 bits per heavy atom. The molecule has 3 nitrogen and oxygen atoms in total. The number of likely N-dealkylation sites (N-methyl/N-ethyl adjacent to an activating group) is 1. The van der Waals surface area contributed by atoms with E-state index >= 15 is 0 Å². The highest BCUT2D eigenvalue weighted by molar-refractivity contribution is 5.73. The normalized spacial score (nSPS) is 27.1. The summed E-state index contributed by atoms with van der Waals surface area (Å²) in [5.74, 6) is 0.101. The Kier molecular flexibility index (Phi) is 4.58. The highest BCUT2D eigenvalue weighted by Crippen LogP contribution is 2.23. The molecule has 15 heavy (non-hydrogen) atoms. The van der Waals surface area contributed by atoms with E-state index in [2.05, 4.69) is 31.1 Å². The third-order valence-electron chi connectivity index (χ3n) is 3.46. The summed E-state index contributed by atoms with van der Waals surface area (Å²) in [6.45, 7) is 6.03. The van der Waals surface area contributed by atoms with Gasteiger partial charge in [-0.25, -0.2) is 0 Å². The number of hydrogen-bond donors (Lipinski definition) is 1. The first-order valence-electron chi connectivity index (χ1n) is 6.01. The predicted molar refractivity (Wildman–Crippen MR) is 62.8 cm³/mol. The smallest absolute Gasteiger partial charge is 0.217 e. The lowest BCUT2D eigenvalue weighted by atomic mass is 9.88. The zero-order chi connectivity index (χ0) is 11.4. The van der Waals surface area contributed by atoms with Gasteiger partial charge >= 0.3 is 0 Å². The van der Waals surface area contributed by atoms with Crippen LogP contribution in [0.1, 0.15) is 46.5 Å². The molecule has 0 aromatic carbocycles. The number of hydrogen-bond acceptors (Lipinski definition) is 2. The van der Waals surface area contributed by atoms with E-state index in [9.17, 15) is 4.79 Å². The number of amides is 1. The van der Waals surface area contributed by atoms with Gasteiger partial charge in [0.15, 0.2) is 0 Å². The van der Waals surface area contributed by atoms with Gasteiger partial charge in [-0.2, -0.15) is 0 Å². The third kappa shape index (κ3) is 3.49. The van der Waals surface area contributed by atoms with Crippen LogP contribution in [0.4, 0.5) is 0 Å². The van der Waals surface area contributed by atoms with Crippen molar-refractivity contribution in [2.24, 2.45) is 0 Å². The summed E-state index contributed by atoms with van der Waals surface area (Å²) in [4.78, 5) is 13.5. The maximum absolute atomic E-state index is 11.1. The van der Waals surface area contributed by atoms with Crippen LogP contribution in [0, 0.1) is 0 Å². The van der Waals surface area contributed by atoms with E-state index in [1.165, 1.54) is 19.3 Å². The molecule has 1 saturated carbocycles. The van der Waals surface area contributed by atoms with Crippen LogP contribution in [0.2, 0.25) is 0 Å². The van der Waals surface area contributed by atoms with Crippen LogP contribution in [0.15, 0.2) is 0 Å². The van der Waals surface area contributed by atoms with Crippen molar-refractivity contribution in [3.8, 4) is 0 Å². The van der Waals surface area contributed by atoms with E-state index < -0.39 is 0 Å². The highest BCUT2D eigenvalue weighted by Gasteiger charge is 2.29. The Bertz CT molecular complexity index is 216. The molecule has 1 aliphatic carbocycles. The molecule has 0 saturated heterocycles. The fourth-order valence-corrected chi connectivity index (χ4v) is 2.41. The molecular formula is C12H24N2O. The van der Waals surface area contributed by atoms with Crippen molar-refractivity contribution >= 4 is 5.91 Å². The van der Waals surface area contributed by atoms with Gasteiger partial charge in [0, 0.05) is 25.0 Å². The molecule has 0 unspecified atom stereocenters. The van der Waals surface area contributed by atoms with Gasteiger partial charge in [0.05, 0.1) is 0 Å². The first-order chi connectivity index (χ1) is 7.02. The Morgan fingerprint density at radius 2 is 1.93 bits per heavy atom. The molecule has 3 heteroatoms. The minimum Gasteiger partial charge on any atom is -0.352 e. The molecule has 0 aromatic heterocycles. The standard InChI is InChI=1S/C12H24N2O/c1-9(2)14(4)12-8-6-5-7-11(12)13-10(3)15/h9,11-12H,5-8H2,1-4H3,(H,13,15)/t11-,12-/m1/s1.